The van der Waals surface area contributed by atoms with E-state index in [2.05, 4.69) is 10.3 Å². The number of likely N-dealkylation sites (tertiary alicyclic amines) is 1. The van der Waals surface area contributed by atoms with Gasteiger partial charge in [-0.1, -0.05) is 0 Å². The zero-order chi connectivity index (χ0) is 13.7. The van der Waals surface area contributed by atoms with Gasteiger partial charge in [-0.15, -0.1) is 0 Å². The van der Waals surface area contributed by atoms with Crippen LogP contribution >= 0.6 is 0 Å². The van der Waals surface area contributed by atoms with Crippen molar-refractivity contribution in [3.8, 4) is 5.88 Å². The van der Waals surface area contributed by atoms with E-state index >= 15 is 0 Å². The highest BCUT2D eigenvalue weighted by molar-refractivity contribution is 5.89. The number of carbonyl (C=O) groups is 1. The van der Waals surface area contributed by atoms with Gasteiger partial charge in [0.05, 0.1) is 19.0 Å². The molecule has 0 radical (unpaired) electrons. The summed E-state index contributed by atoms with van der Waals surface area (Å²) in [5.41, 5.74) is 0.636. The third kappa shape index (κ3) is 3.57. The molecule has 19 heavy (non-hydrogen) atoms. The first-order valence-electron chi connectivity index (χ1n) is 6.39. The normalized spacial score (nSPS) is 19.1. The number of aliphatic hydroxyl groups excluding tert-OH is 1. The van der Waals surface area contributed by atoms with E-state index in [9.17, 15) is 4.79 Å². The Labute approximate surface area is 112 Å². The first-order chi connectivity index (χ1) is 9.22. The first-order valence-corrected chi connectivity index (χ1v) is 6.39. The number of pyridine rings is 1. The van der Waals surface area contributed by atoms with E-state index in [1.807, 2.05) is 0 Å². The lowest BCUT2D eigenvalue weighted by molar-refractivity contribution is 0.136. The van der Waals surface area contributed by atoms with Crippen molar-refractivity contribution in [2.24, 2.45) is 5.92 Å². The van der Waals surface area contributed by atoms with Crippen molar-refractivity contribution in [3.63, 3.8) is 0 Å². The monoisotopic (exact) mass is 265 g/mol. The minimum absolute atomic E-state index is 0.133. The van der Waals surface area contributed by atoms with Crippen LogP contribution < -0.4 is 10.1 Å². The SMILES string of the molecule is COc1ccc(NC(=O)N2CCCC(CO)C2)cn1. The number of aliphatic hydroxyl groups is 1. The number of aromatic nitrogens is 1. The standard InChI is InChI=1S/C13H19N3O3/c1-19-12-5-4-11(7-14-12)15-13(18)16-6-2-3-10(8-16)9-17/h4-5,7,10,17H,2-3,6,8-9H2,1H3,(H,15,18). The van der Waals surface area contributed by atoms with Gasteiger partial charge in [0.2, 0.25) is 5.88 Å². The Morgan fingerprint density at radius 3 is 3.11 bits per heavy atom. The topological polar surface area (TPSA) is 74.7 Å². The number of piperidine rings is 1. The first kappa shape index (κ1) is 13.6. The fourth-order valence-electron chi connectivity index (χ4n) is 2.18. The van der Waals surface area contributed by atoms with Gasteiger partial charge in [0, 0.05) is 25.8 Å². The van der Waals surface area contributed by atoms with E-state index < -0.39 is 0 Å². The maximum atomic E-state index is 12.1. The number of urea groups is 1. The van der Waals surface area contributed by atoms with Crippen LogP contribution in [-0.2, 0) is 0 Å². The number of carbonyl (C=O) groups excluding carboxylic acids is 1. The van der Waals surface area contributed by atoms with Crippen molar-refractivity contribution in [1.29, 1.82) is 0 Å². The zero-order valence-corrected chi connectivity index (χ0v) is 11.0. The van der Waals surface area contributed by atoms with Crippen LogP contribution in [0.5, 0.6) is 5.88 Å². The Morgan fingerprint density at radius 1 is 1.63 bits per heavy atom. The minimum atomic E-state index is -0.148. The fourth-order valence-corrected chi connectivity index (χ4v) is 2.18. The Bertz CT molecular complexity index is 422. The molecular weight excluding hydrogens is 246 g/mol. The van der Waals surface area contributed by atoms with Gasteiger partial charge in [-0.3, -0.25) is 0 Å². The summed E-state index contributed by atoms with van der Waals surface area (Å²) in [4.78, 5) is 17.8. The second-order valence-electron chi connectivity index (χ2n) is 4.66. The van der Waals surface area contributed by atoms with E-state index in [0.717, 1.165) is 19.4 Å². The van der Waals surface area contributed by atoms with E-state index in [4.69, 9.17) is 9.84 Å². The number of amides is 2. The van der Waals surface area contributed by atoms with Crippen LogP contribution in [0.4, 0.5) is 10.5 Å². The summed E-state index contributed by atoms with van der Waals surface area (Å²) in [6.07, 6.45) is 3.47. The molecule has 1 aliphatic heterocycles. The molecule has 1 aliphatic rings. The highest BCUT2D eigenvalue weighted by Gasteiger charge is 2.23. The molecule has 1 fully saturated rings. The Morgan fingerprint density at radius 2 is 2.47 bits per heavy atom. The van der Waals surface area contributed by atoms with Crippen molar-refractivity contribution >= 4 is 11.7 Å². The van der Waals surface area contributed by atoms with Gasteiger partial charge in [-0.2, -0.15) is 0 Å². The molecule has 6 nitrogen and oxygen atoms in total. The summed E-state index contributed by atoms with van der Waals surface area (Å²) in [5, 5.41) is 12.0. The molecule has 1 aromatic rings. The largest absolute Gasteiger partial charge is 0.481 e. The van der Waals surface area contributed by atoms with Gasteiger partial charge in [-0.25, -0.2) is 9.78 Å². The third-order valence-corrected chi connectivity index (χ3v) is 3.26. The molecule has 0 spiro atoms. The predicted octanol–water partition coefficient (Wildman–Crippen LogP) is 1.33. The summed E-state index contributed by atoms with van der Waals surface area (Å²) in [7, 11) is 1.54. The molecule has 6 heteroatoms. The number of anilines is 1. The van der Waals surface area contributed by atoms with Crippen LogP contribution in [0.15, 0.2) is 18.3 Å². The zero-order valence-electron chi connectivity index (χ0n) is 11.0. The van der Waals surface area contributed by atoms with Crippen LogP contribution in [0.2, 0.25) is 0 Å². The van der Waals surface area contributed by atoms with E-state index in [1.165, 1.54) is 0 Å². The Hall–Kier alpha value is -1.82. The summed E-state index contributed by atoms with van der Waals surface area (Å²) < 4.78 is 4.96. The smallest absolute Gasteiger partial charge is 0.321 e. The molecule has 1 aromatic heterocycles. The van der Waals surface area contributed by atoms with Gasteiger partial charge in [0.15, 0.2) is 0 Å². The fraction of sp³-hybridized carbons (Fsp3) is 0.538. The lowest BCUT2D eigenvalue weighted by Crippen LogP contribution is -2.43. The molecular formula is C13H19N3O3. The maximum Gasteiger partial charge on any atom is 0.321 e. The number of nitrogens with one attached hydrogen (secondary N) is 1. The lowest BCUT2D eigenvalue weighted by Gasteiger charge is -2.31. The number of hydrogen-bond acceptors (Lipinski definition) is 4. The quantitative estimate of drug-likeness (QED) is 0.864. The number of nitrogens with zero attached hydrogens (tertiary/aromatic N) is 2. The van der Waals surface area contributed by atoms with Crippen LogP contribution in [0.1, 0.15) is 12.8 Å². The van der Waals surface area contributed by atoms with Crippen LogP contribution in [0.3, 0.4) is 0 Å². The average Bonchev–Trinajstić information content (AvgIpc) is 2.48. The molecule has 104 valence electrons. The molecule has 2 N–H and O–H groups in total. The van der Waals surface area contributed by atoms with Crippen molar-refractivity contribution in [2.75, 3.05) is 32.1 Å². The number of methoxy groups -OCH3 is 1. The van der Waals surface area contributed by atoms with Crippen molar-refractivity contribution < 1.29 is 14.6 Å². The number of ether oxygens (including phenoxy) is 1. The van der Waals surface area contributed by atoms with Gasteiger partial charge in [0.1, 0.15) is 0 Å². The molecule has 1 atom stereocenters. The number of hydrogen-bond donors (Lipinski definition) is 2. The maximum absolute atomic E-state index is 12.1. The van der Waals surface area contributed by atoms with Gasteiger partial charge >= 0.3 is 6.03 Å². The molecule has 0 aliphatic carbocycles. The molecule has 2 rings (SSSR count). The second kappa shape index (κ2) is 6.38. The summed E-state index contributed by atoms with van der Waals surface area (Å²) in [5.74, 6) is 0.699. The lowest BCUT2D eigenvalue weighted by atomic mass is 9.99. The summed E-state index contributed by atoms with van der Waals surface area (Å²) >= 11 is 0. The average molecular weight is 265 g/mol. The van der Waals surface area contributed by atoms with Crippen molar-refractivity contribution in [3.05, 3.63) is 18.3 Å². The van der Waals surface area contributed by atoms with Gasteiger partial charge in [-0.05, 0) is 24.8 Å². The molecule has 2 heterocycles. The minimum Gasteiger partial charge on any atom is -0.481 e. The Kier molecular flexibility index (Phi) is 4.57. The number of rotatable bonds is 3. The third-order valence-electron chi connectivity index (χ3n) is 3.26. The van der Waals surface area contributed by atoms with E-state index in [1.54, 1.807) is 30.3 Å². The van der Waals surface area contributed by atoms with Crippen LogP contribution in [-0.4, -0.2) is 47.8 Å². The van der Waals surface area contributed by atoms with Crippen molar-refractivity contribution in [1.82, 2.24) is 9.88 Å². The van der Waals surface area contributed by atoms with Gasteiger partial charge in [0.25, 0.3) is 0 Å². The van der Waals surface area contributed by atoms with Crippen molar-refractivity contribution in [2.45, 2.75) is 12.8 Å². The second-order valence-corrected chi connectivity index (χ2v) is 4.66. The molecule has 2 amide bonds. The van der Waals surface area contributed by atoms with Gasteiger partial charge < -0.3 is 20.1 Å². The molecule has 1 saturated heterocycles. The van der Waals surface area contributed by atoms with E-state index in [-0.39, 0.29) is 18.6 Å². The highest BCUT2D eigenvalue weighted by atomic mass is 16.5. The van der Waals surface area contributed by atoms with Crippen LogP contribution in [0, 0.1) is 5.92 Å². The Balaban J connectivity index is 1.92. The summed E-state index contributed by atoms with van der Waals surface area (Å²) in [6, 6.07) is 3.30. The molecule has 0 bridgehead atoms. The molecule has 0 aromatic carbocycles. The molecule has 1 unspecified atom stereocenters. The highest BCUT2D eigenvalue weighted by Crippen LogP contribution is 2.17. The predicted molar refractivity (Wildman–Crippen MR) is 71.2 cm³/mol. The molecule has 0 saturated carbocycles. The van der Waals surface area contributed by atoms with E-state index in [0.29, 0.717) is 18.1 Å². The van der Waals surface area contributed by atoms with Crippen LogP contribution in [0.25, 0.3) is 0 Å². The summed E-state index contributed by atoms with van der Waals surface area (Å²) in [6.45, 7) is 1.46.